The molecule has 2 nitrogen and oxygen atoms in total. The minimum absolute atomic E-state index is 0.0718. The average Bonchev–Trinajstić information content (AvgIpc) is 2.04. The van der Waals surface area contributed by atoms with Gasteiger partial charge in [0.2, 0.25) is 0 Å². The van der Waals surface area contributed by atoms with E-state index in [0.717, 1.165) is 0 Å². The second kappa shape index (κ2) is 2.38. The number of rotatable bonds is 0. The van der Waals surface area contributed by atoms with Crippen LogP contribution in [0.15, 0.2) is 36.5 Å². The summed E-state index contributed by atoms with van der Waals surface area (Å²) >= 11 is 0. The lowest BCUT2D eigenvalue weighted by molar-refractivity contribution is -0.143. The largest absolute Gasteiger partial charge is 0.454 e. The van der Waals surface area contributed by atoms with Crippen molar-refractivity contribution < 1.29 is 9.53 Å². The summed E-state index contributed by atoms with van der Waals surface area (Å²) in [4.78, 5) is 10.8. The number of allylic oxidation sites excluding steroid dienone is 2. The normalized spacial score (nSPS) is 33.3. The molecule has 1 aliphatic heterocycles. The van der Waals surface area contributed by atoms with Crippen molar-refractivity contribution in [3.63, 3.8) is 0 Å². The molecule has 0 aromatic rings. The van der Waals surface area contributed by atoms with Gasteiger partial charge in [-0.05, 0) is 6.08 Å². The van der Waals surface area contributed by atoms with Crippen molar-refractivity contribution in [1.29, 1.82) is 0 Å². The van der Waals surface area contributed by atoms with Crippen molar-refractivity contribution in [2.24, 2.45) is 5.92 Å². The van der Waals surface area contributed by atoms with Crippen molar-refractivity contribution >= 4 is 5.97 Å². The maximum atomic E-state index is 10.8. The Bertz CT molecular complexity index is 261. The van der Waals surface area contributed by atoms with Crippen LogP contribution in [0.5, 0.6) is 0 Å². The standard InChI is InChI=1S/C9H8O2/c10-9-6-5-7-3-1-2-4-8(7)11-9/h1-8H. The van der Waals surface area contributed by atoms with Crippen molar-refractivity contribution in [3.05, 3.63) is 36.5 Å². The molecular weight excluding hydrogens is 140 g/mol. The van der Waals surface area contributed by atoms with Crippen LogP contribution < -0.4 is 0 Å². The zero-order chi connectivity index (χ0) is 7.68. The maximum absolute atomic E-state index is 10.8. The number of esters is 1. The van der Waals surface area contributed by atoms with Crippen LogP contribution in [0, 0.1) is 5.92 Å². The van der Waals surface area contributed by atoms with Crippen molar-refractivity contribution in [1.82, 2.24) is 0 Å². The molecule has 2 aliphatic rings. The molecule has 0 saturated carbocycles. The zero-order valence-corrected chi connectivity index (χ0v) is 5.94. The maximum Gasteiger partial charge on any atom is 0.331 e. The second-order valence-corrected chi connectivity index (χ2v) is 2.61. The van der Waals surface area contributed by atoms with Gasteiger partial charge in [-0.15, -0.1) is 0 Å². The Hall–Kier alpha value is -1.31. The topological polar surface area (TPSA) is 26.3 Å². The number of hydrogen-bond donors (Lipinski definition) is 0. The number of carbonyl (C=O) groups excluding carboxylic acids is 1. The van der Waals surface area contributed by atoms with Gasteiger partial charge in [0.05, 0.1) is 0 Å². The van der Waals surface area contributed by atoms with E-state index in [2.05, 4.69) is 0 Å². The summed E-state index contributed by atoms with van der Waals surface area (Å²) in [5.41, 5.74) is 0. The molecule has 0 spiro atoms. The van der Waals surface area contributed by atoms with Crippen LogP contribution in [-0.4, -0.2) is 12.1 Å². The molecule has 2 atom stereocenters. The van der Waals surface area contributed by atoms with E-state index in [1.165, 1.54) is 6.08 Å². The van der Waals surface area contributed by atoms with Gasteiger partial charge < -0.3 is 4.74 Å². The highest BCUT2D eigenvalue weighted by atomic mass is 16.5. The number of fused-ring (bicyclic) bond motifs is 1. The average molecular weight is 148 g/mol. The number of hydrogen-bond acceptors (Lipinski definition) is 2. The molecule has 0 radical (unpaired) electrons. The van der Waals surface area contributed by atoms with Crippen LogP contribution in [0.1, 0.15) is 0 Å². The fraction of sp³-hybridized carbons (Fsp3) is 0.222. The monoisotopic (exact) mass is 148 g/mol. The third-order valence-corrected chi connectivity index (χ3v) is 1.83. The highest BCUT2D eigenvalue weighted by Crippen LogP contribution is 2.20. The molecule has 1 aliphatic carbocycles. The van der Waals surface area contributed by atoms with Crippen molar-refractivity contribution in [2.45, 2.75) is 6.10 Å². The van der Waals surface area contributed by atoms with Gasteiger partial charge in [0.1, 0.15) is 6.10 Å². The summed E-state index contributed by atoms with van der Waals surface area (Å²) < 4.78 is 5.03. The Kier molecular flexibility index (Phi) is 1.39. The fourth-order valence-electron chi connectivity index (χ4n) is 1.26. The Labute approximate surface area is 64.9 Å². The molecule has 0 aromatic carbocycles. The SMILES string of the molecule is O=C1C=CC2C=CC=CC2O1. The summed E-state index contributed by atoms with van der Waals surface area (Å²) in [6.45, 7) is 0. The van der Waals surface area contributed by atoms with Gasteiger partial charge in [0, 0.05) is 12.0 Å². The lowest BCUT2D eigenvalue weighted by atomic mass is 9.95. The van der Waals surface area contributed by atoms with E-state index >= 15 is 0 Å². The van der Waals surface area contributed by atoms with Crippen molar-refractivity contribution in [3.8, 4) is 0 Å². The second-order valence-electron chi connectivity index (χ2n) is 2.61. The van der Waals surface area contributed by atoms with Gasteiger partial charge in [-0.25, -0.2) is 4.79 Å². The fourth-order valence-corrected chi connectivity index (χ4v) is 1.26. The lowest BCUT2D eigenvalue weighted by Crippen LogP contribution is -2.26. The summed E-state index contributed by atoms with van der Waals surface area (Å²) in [6, 6.07) is 0. The molecule has 0 aromatic heterocycles. The molecule has 0 N–H and O–H groups in total. The third kappa shape index (κ3) is 1.11. The molecule has 0 fully saturated rings. The van der Waals surface area contributed by atoms with E-state index < -0.39 is 0 Å². The molecule has 2 rings (SSSR count). The lowest BCUT2D eigenvalue weighted by Gasteiger charge is -2.23. The first-order valence-electron chi connectivity index (χ1n) is 3.60. The quantitative estimate of drug-likeness (QED) is 0.482. The van der Waals surface area contributed by atoms with Gasteiger partial charge in [-0.2, -0.15) is 0 Å². The van der Waals surface area contributed by atoms with Gasteiger partial charge in [0.15, 0.2) is 0 Å². The van der Waals surface area contributed by atoms with Crippen LogP contribution >= 0.6 is 0 Å². The van der Waals surface area contributed by atoms with E-state index in [-0.39, 0.29) is 18.0 Å². The van der Waals surface area contributed by atoms with Gasteiger partial charge in [-0.3, -0.25) is 0 Å². The highest BCUT2D eigenvalue weighted by molar-refractivity contribution is 5.83. The minimum atomic E-state index is -0.244. The third-order valence-electron chi connectivity index (χ3n) is 1.83. The first-order chi connectivity index (χ1) is 5.36. The molecule has 1 heterocycles. The molecule has 0 amide bonds. The predicted octanol–water partition coefficient (Wildman–Crippen LogP) is 1.21. The molecular formula is C9H8O2. The van der Waals surface area contributed by atoms with E-state index in [9.17, 15) is 4.79 Å². The Morgan fingerprint density at radius 2 is 2.00 bits per heavy atom. The predicted molar refractivity (Wildman–Crippen MR) is 40.8 cm³/mol. The molecule has 56 valence electrons. The first kappa shape index (κ1) is 6.40. The van der Waals surface area contributed by atoms with Crippen LogP contribution in [-0.2, 0) is 9.53 Å². The van der Waals surface area contributed by atoms with Crippen LogP contribution in [0.4, 0.5) is 0 Å². The molecule has 11 heavy (non-hydrogen) atoms. The Morgan fingerprint density at radius 3 is 2.91 bits per heavy atom. The van der Waals surface area contributed by atoms with Gasteiger partial charge in [0.25, 0.3) is 0 Å². The van der Waals surface area contributed by atoms with Gasteiger partial charge in [-0.1, -0.05) is 24.3 Å². The highest BCUT2D eigenvalue weighted by Gasteiger charge is 2.23. The van der Waals surface area contributed by atoms with Gasteiger partial charge >= 0.3 is 5.97 Å². The van der Waals surface area contributed by atoms with Crippen LogP contribution in [0.2, 0.25) is 0 Å². The Balaban J connectivity index is 2.26. The van der Waals surface area contributed by atoms with Crippen molar-refractivity contribution in [2.75, 3.05) is 0 Å². The van der Waals surface area contributed by atoms with E-state index in [4.69, 9.17) is 4.74 Å². The van der Waals surface area contributed by atoms with E-state index in [1.54, 1.807) is 0 Å². The van der Waals surface area contributed by atoms with E-state index in [0.29, 0.717) is 0 Å². The Morgan fingerprint density at radius 1 is 1.18 bits per heavy atom. The zero-order valence-electron chi connectivity index (χ0n) is 5.94. The number of carbonyl (C=O) groups is 1. The summed E-state index contributed by atoms with van der Waals surface area (Å²) in [5, 5.41) is 0. The molecule has 0 bridgehead atoms. The molecule has 0 saturated heterocycles. The summed E-state index contributed by atoms with van der Waals surface area (Å²) in [7, 11) is 0. The van der Waals surface area contributed by atoms with Crippen LogP contribution in [0.3, 0.4) is 0 Å². The first-order valence-corrected chi connectivity index (χ1v) is 3.60. The smallest absolute Gasteiger partial charge is 0.331 e. The molecule has 2 heteroatoms. The van der Waals surface area contributed by atoms with E-state index in [1.807, 2.05) is 30.4 Å². The summed E-state index contributed by atoms with van der Waals surface area (Å²) in [6.07, 6.45) is 11.1. The number of ether oxygens (including phenoxy) is 1. The summed E-state index contributed by atoms with van der Waals surface area (Å²) in [5.74, 6) is 0.00361. The molecule has 2 unspecified atom stereocenters. The van der Waals surface area contributed by atoms with Crippen LogP contribution in [0.25, 0.3) is 0 Å². The minimum Gasteiger partial charge on any atom is -0.454 e.